The van der Waals surface area contributed by atoms with Crippen LogP contribution in [-0.4, -0.2) is 58.2 Å². The number of hydrogen-bond donors (Lipinski definition) is 4. The van der Waals surface area contributed by atoms with Crippen LogP contribution in [-0.2, 0) is 19.2 Å². The maximum absolute atomic E-state index is 13.3. The number of aromatic nitrogens is 1. The number of thiazole rings is 1. The van der Waals surface area contributed by atoms with Crippen molar-refractivity contribution in [1.29, 1.82) is 0 Å². The molecule has 2 saturated heterocycles. The maximum atomic E-state index is 13.3. The van der Waals surface area contributed by atoms with Crippen LogP contribution in [0.25, 0.3) is 11.3 Å². The summed E-state index contributed by atoms with van der Waals surface area (Å²) in [5.74, 6) is -1.37. The summed E-state index contributed by atoms with van der Waals surface area (Å²) in [5, 5.41) is 12.4. The molecule has 2 atom stereocenters. The molecule has 0 radical (unpaired) electrons. The Labute approximate surface area is 204 Å². The van der Waals surface area contributed by atoms with Crippen LogP contribution in [0.1, 0.15) is 32.6 Å². The summed E-state index contributed by atoms with van der Waals surface area (Å²) in [6.07, 6.45) is 2.29. The van der Waals surface area contributed by atoms with Crippen molar-refractivity contribution in [3.05, 3.63) is 29.6 Å². The fraction of sp³-hybridized carbons (Fsp3) is 0.391. The van der Waals surface area contributed by atoms with Crippen LogP contribution in [0, 0.1) is 5.41 Å². The molecule has 1 unspecified atom stereocenters. The zero-order valence-electron chi connectivity index (χ0n) is 18.9. The normalized spacial score (nSPS) is 22.0. The summed E-state index contributed by atoms with van der Waals surface area (Å²) in [6, 6.07) is 5.00. The molecule has 2 aliphatic heterocycles. The van der Waals surface area contributed by atoms with Crippen molar-refractivity contribution in [2.45, 2.75) is 44.7 Å². The van der Waals surface area contributed by atoms with Crippen LogP contribution in [0.4, 0.5) is 15.6 Å². The minimum atomic E-state index is -0.924. The topological polar surface area (TPSA) is 150 Å². The van der Waals surface area contributed by atoms with Gasteiger partial charge in [-0.15, -0.1) is 11.3 Å². The van der Waals surface area contributed by atoms with Crippen molar-refractivity contribution in [3.8, 4) is 11.3 Å². The van der Waals surface area contributed by atoms with E-state index >= 15 is 0 Å². The molecule has 0 bridgehead atoms. The van der Waals surface area contributed by atoms with E-state index in [-0.39, 0.29) is 29.6 Å². The molecule has 5 rings (SSSR count). The molecule has 4 N–H and O–H groups in total. The number of imide groups is 1. The molecule has 3 fully saturated rings. The smallest absolute Gasteiger partial charge is 0.322 e. The lowest BCUT2D eigenvalue weighted by Crippen LogP contribution is -2.45. The van der Waals surface area contributed by atoms with Crippen LogP contribution in [0.3, 0.4) is 0 Å². The Bertz CT molecular complexity index is 1240. The van der Waals surface area contributed by atoms with Gasteiger partial charge in [-0.05, 0) is 36.8 Å². The number of carbonyl (C=O) groups is 5. The molecule has 1 aromatic heterocycles. The molecule has 2 aromatic rings. The molecule has 3 heterocycles. The summed E-state index contributed by atoms with van der Waals surface area (Å²) >= 11 is 1.31. The number of hydrogen-bond acceptors (Lipinski definition) is 7. The average Bonchev–Trinajstić information content (AvgIpc) is 3.08. The molecule has 182 valence electrons. The minimum Gasteiger partial charge on any atom is -0.330 e. The molecule has 6 amide bonds. The van der Waals surface area contributed by atoms with E-state index in [1.807, 2.05) is 11.4 Å². The fourth-order valence-corrected chi connectivity index (χ4v) is 5.35. The van der Waals surface area contributed by atoms with E-state index in [1.54, 1.807) is 23.1 Å². The number of carbonyl (C=O) groups excluding carboxylic acids is 5. The van der Waals surface area contributed by atoms with E-state index in [0.717, 1.165) is 18.4 Å². The first-order valence-corrected chi connectivity index (χ1v) is 12.1. The lowest BCUT2D eigenvalue weighted by molar-refractivity contribution is -0.138. The van der Waals surface area contributed by atoms with Crippen molar-refractivity contribution >= 4 is 51.8 Å². The van der Waals surface area contributed by atoms with Gasteiger partial charge in [-0.2, -0.15) is 0 Å². The van der Waals surface area contributed by atoms with Gasteiger partial charge < -0.3 is 20.9 Å². The quantitative estimate of drug-likeness (QED) is 0.447. The lowest BCUT2D eigenvalue weighted by Gasteiger charge is -2.25. The number of rotatable bonds is 6. The Morgan fingerprint density at radius 2 is 2.03 bits per heavy atom. The van der Waals surface area contributed by atoms with Gasteiger partial charge in [-0.1, -0.05) is 12.1 Å². The van der Waals surface area contributed by atoms with E-state index in [9.17, 15) is 24.0 Å². The van der Waals surface area contributed by atoms with E-state index in [1.165, 1.54) is 18.3 Å². The number of nitrogens with one attached hydrogen (secondary N) is 4. The third-order valence-corrected chi connectivity index (χ3v) is 7.30. The summed E-state index contributed by atoms with van der Waals surface area (Å²) in [5.41, 5.74) is 1.97. The molecule has 3 aliphatic rings. The van der Waals surface area contributed by atoms with Gasteiger partial charge in [0.1, 0.15) is 12.1 Å². The van der Waals surface area contributed by atoms with E-state index in [2.05, 4.69) is 26.3 Å². The second-order valence-corrected chi connectivity index (χ2v) is 10.1. The van der Waals surface area contributed by atoms with Gasteiger partial charge in [-0.3, -0.25) is 24.5 Å². The molecular weight excluding hydrogens is 472 g/mol. The Hall–Kier alpha value is -3.80. The van der Waals surface area contributed by atoms with Crippen LogP contribution in [0.5, 0.6) is 0 Å². The van der Waals surface area contributed by atoms with Gasteiger partial charge in [0.15, 0.2) is 5.13 Å². The van der Waals surface area contributed by atoms with Gasteiger partial charge in [0, 0.05) is 30.1 Å². The highest BCUT2D eigenvalue weighted by Crippen LogP contribution is 2.55. The van der Waals surface area contributed by atoms with Gasteiger partial charge in [0.25, 0.3) is 5.91 Å². The second kappa shape index (κ2) is 8.77. The van der Waals surface area contributed by atoms with Crippen molar-refractivity contribution in [1.82, 2.24) is 20.5 Å². The van der Waals surface area contributed by atoms with Gasteiger partial charge >= 0.3 is 6.03 Å². The van der Waals surface area contributed by atoms with Crippen molar-refractivity contribution in [3.63, 3.8) is 0 Å². The average molecular weight is 497 g/mol. The summed E-state index contributed by atoms with van der Waals surface area (Å²) < 4.78 is 0. The third-order valence-electron chi connectivity index (χ3n) is 6.54. The predicted molar refractivity (Wildman–Crippen MR) is 127 cm³/mol. The summed E-state index contributed by atoms with van der Waals surface area (Å²) in [6.45, 7) is 1.88. The highest BCUT2D eigenvalue weighted by Gasteiger charge is 2.55. The summed E-state index contributed by atoms with van der Waals surface area (Å²) in [4.78, 5) is 66.7. The second-order valence-electron chi connectivity index (χ2n) is 9.25. The van der Waals surface area contributed by atoms with E-state index in [0.29, 0.717) is 29.5 Å². The molecule has 11 nitrogen and oxygen atoms in total. The van der Waals surface area contributed by atoms with Crippen molar-refractivity contribution in [2.75, 3.05) is 17.2 Å². The maximum Gasteiger partial charge on any atom is 0.322 e. The third kappa shape index (κ3) is 4.87. The highest BCUT2D eigenvalue weighted by atomic mass is 32.1. The first-order valence-electron chi connectivity index (χ1n) is 11.3. The van der Waals surface area contributed by atoms with E-state index in [4.69, 9.17) is 0 Å². The Kier molecular flexibility index (Phi) is 5.75. The molecule has 12 heteroatoms. The van der Waals surface area contributed by atoms with Crippen LogP contribution in [0.15, 0.2) is 29.6 Å². The standard InChI is InChI=1S/C23H24N6O5S/c1-12(30)24-22-27-16(10-35-22)13-3-2-4-14(7-13)25-20(33)17-9-23(5-6-23)11-29(17)18(31)8-15-19(32)28-21(34)26-15/h2-4,7,10,15,17H,5-6,8-9,11H2,1H3,(H,25,33)(H,24,27,30)(H2,26,28,32,34)/t15?,17-/m1/s1. The van der Waals surface area contributed by atoms with Crippen molar-refractivity contribution < 1.29 is 24.0 Å². The summed E-state index contributed by atoms with van der Waals surface area (Å²) in [7, 11) is 0. The zero-order valence-corrected chi connectivity index (χ0v) is 19.7. The van der Waals surface area contributed by atoms with Crippen LogP contribution < -0.4 is 21.3 Å². The SMILES string of the molecule is CC(=O)Nc1nc(-c2cccc(NC(=O)[C@H]3CC4(CC4)CN3C(=O)CC3NC(=O)NC3=O)c2)cs1. The van der Waals surface area contributed by atoms with Gasteiger partial charge in [0.2, 0.25) is 17.7 Å². The Morgan fingerprint density at radius 1 is 1.23 bits per heavy atom. The highest BCUT2D eigenvalue weighted by molar-refractivity contribution is 7.14. The van der Waals surface area contributed by atoms with Crippen LogP contribution >= 0.6 is 11.3 Å². The first-order chi connectivity index (χ1) is 16.7. The molecule has 1 aromatic carbocycles. The van der Waals surface area contributed by atoms with Gasteiger partial charge in [0.05, 0.1) is 12.1 Å². The number of benzene rings is 1. The number of nitrogens with zero attached hydrogens (tertiary/aromatic N) is 2. The van der Waals surface area contributed by atoms with Gasteiger partial charge in [-0.25, -0.2) is 9.78 Å². The number of likely N-dealkylation sites (tertiary alicyclic amines) is 1. The zero-order chi connectivity index (χ0) is 24.7. The Balaban J connectivity index is 1.28. The predicted octanol–water partition coefficient (Wildman–Crippen LogP) is 1.69. The molecule has 1 saturated carbocycles. The number of amides is 6. The monoisotopic (exact) mass is 496 g/mol. The van der Waals surface area contributed by atoms with Crippen molar-refractivity contribution in [2.24, 2.45) is 5.41 Å². The van der Waals surface area contributed by atoms with E-state index < -0.39 is 24.0 Å². The molecular formula is C23H24N6O5S. The molecule has 35 heavy (non-hydrogen) atoms. The Morgan fingerprint density at radius 3 is 2.71 bits per heavy atom. The fourth-order valence-electron chi connectivity index (χ4n) is 4.58. The number of anilines is 2. The minimum absolute atomic E-state index is 0.0403. The number of urea groups is 1. The first kappa shape index (κ1) is 23.0. The molecule has 1 spiro atoms. The largest absolute Gasteiger partial charge is 0.330 e. The molecule has 1 aliphatic carbocycles. The lowest BCUT2D eigenvalue weighted by atomic mass is 10.0. The van der Waals surface area contributed by atoms with Crippen LogP contribution in [0.2, 0.25) is 0 Å².